The predicted octanol–water partition coefficient (Wildman–Crippen LogP) is 5.26. The summed E-state index contributed by atoms with van der Waals surface area (Å²) < 4.78 is 0. The second-order valence-electron chi connectivity index (χ2n) is 4.99. The molecule has 0 aliphatic carbocycles. The highest BCUT2D eigenvalue weighted by Gasteiger charge is 2.23. The average Bonchev–Trinajstić information content (AvgIpc) is 2.53. The molecule has 14 heavy (non-hydrogen) atoms. The fourth-order valence-electron chi connectivity index (χ4n) is 1.25. The topological polar surface area (TPSA) is 0 Å². The summed E-state index contributed by atoms with van der Waals surface area (Å²) in [5.41, 5.74) is 0.406. The van der Waals surface area contributed by atoms with Crippen LogP contribution in [0.1, 0.15) is 43.8 Å². The molecule has 0 radical (unpaired) electrons. The summed E-state index contributed by atoms with van der Waals surface area (Å²) in [4.78, 5) is 1.97. The van der Waals surface area contributed by atoms with Crippen molar-refractivity contribution in [3.8, 4) is 0 Å². The fraction of sp³-hybridized carbons (Fsp3) is 0.667. The zero-order valence-electron chi connectivity index (χ0n) is 9.38. The van der Waals surface area contributed by atoms with E-state index >= 15 is 0 Å². The summed E-state index contributed by atoms with van der Waals surface area (Å²) in [7, 11) is 0. The van der Waals surface area contributed by atoms with Crippen molar-refractivity contribution in [3.63, 3.8) is 0 Å². The minimum atomic E-state index is 0.406. The van der Waals surface area contributed by atoms with Crippen LogP contribution in [0.4, 0.5) is 0 Å². The van der Waals surface area contributed by atoms with Crippen molar-refractivity contribution in [2.45, 2.75) is 38.9 Å². The van der Waals surface area contributed by atoms with E-state index in [9.17, 15) is 0 Å². The Labute approximate surface area is 99.9 Å². The van der Waals surface area contributed by atoms with E-state index in [0.29, 0.717) is 10.2 Å². The third kappa shape index (κ3) is 3.39. The van der Waals surface area contributed by atoms with Crippen molar-refractivity contribution in [1.82, 2.24) is 0 Å². The van der Waals surface area contributed by atoms with Gasteiger partial charge in [-0.15, -0.1) is 11.3 Å². The van der Waals surface area contributed by atoms with E-state index in [1.807, 2.05) is 11.3 Å². The number of thiophene rings is 1. The molecular formula is C12H19BrS. The van der Waals surface area contributed by atoms with Crippen molar-refractivity contribution in [3.05, 3.63) is 22.4 Å². The molecule has 0 amide bonds. The monoisotopic (exact) mass is 274 g/mol. The first-order valence-corrected chi connectivity index (χ1v) is 6.88. The number of rotatable bonds is 3. The highest BCUT2D eigenvalue weighted by Crippen LogP contribution is 2.38. The van der Waals surface area contributed by atoms with Crippen molar-refractivity contribution in [2.75, 3.05) is 0 Å². The van der Waals surface area contributed by atoms with Crippen LogP contribution in [0, 0.1) is 11.3 Å². The molecule has 0 aliphatic rings. The van der Waals surface area contributed by atoms with Gasteiger partial charge in [0, 0.05) is 9.70 Å². The van der Waals surface area contributed by atoms with Gasteiger partial charge in [0.25, 0.3) is 0 Å². The smallest absolute Gasteiger partial charge is 0.0491 e. The Morgan fingerprint density at radius 2 is 2.07 bits per heavy atom. The van der Waals surface area contributed by atoms with Crippen molar-refractivity contribution >= 4 is 27.3 Å². The molecule has 0 saturated heterocycles. The van der Waals surface area contributed by atoms with Crippen molar-refractivity contribution < 1.29 is 0 Å². The lowest BCUT2D eigenvalue weighted by atomic mass is 9.79. The molecular weight excluding hydrogens is 256 g/mol. The number of alkyl halides is 1. The van der Waals surface area contributed by atoms with E-state index in [2.05, 4.69) is 61.1 Å². The highest BCUT2D eigenvalue weighted by molar-refractivity contribution is 9.09. The summed E-state index contributed by atoms with van der Waals surface area (Å²) in [6, 6.07) is 4.33. The molecule has 1 aromatic rings. The van der Waals surface area contributed by atoms with Gasteiger partial charge in [0.2, 0.25) is 0 Å². The van der Waals surface area contributed by atoms with Crippen LogP contribution in [0.15, 0.2) is 17.5 Å². The average molecular weight is 275 g/mol. The third-order valence-corrected chi connectivity index (χ3v) is 5.05. The molecule has 0 fully saturated rings. The summed E-state index contributed by atoms with van der Waals surface area (Å²) in [6.07, 6.45) is 1.21. The molecule has 2 heteroatoms. The standard InChI is InChI=1S/C12H19BrS/c1-9(12(2,3)4)8-10(13)11-6-5-7-14-11/h5-7,9-10H,8H2,1-4H3. The number of halogens is 1. The van der Waals surface area contributed by atoms with Crippen LogP contribution in [0.25, 0.3) is 0 Å². The molecule has 0 aliphatic heterocycles. The van der Waals surface area contributed by atoms with Crippen LogP contribution in [-0.2, 0) is 0 Å². The van der Waals surface area contributed by atoms with Gasteiger partial charge in [-0.2, -0.15) is 0 Å². The maximum atomic E-state index is 3.77. The maximum Gasteiger partial charge on any atom is 0.0491 e. The molecule has 2 unspecified atom stereocenters. The van der Waals surface area contributed by atoms with Gasteiger partial charge in [0.1, 0.15) is 0 Å². The lowest BCUT2D eigenvalue weighted by Gasteiger charge is -2.28. The molecule has 0 saturated carbocycles. The Morgan fingerprint density at radius 1 is 1.43 bits per heavy atom. The second-order valence-corrected chi connectivity index (χ2v) is 7.07. The van der Waals surface area contributed by atoms with Crippen LogP contribution in [-0.4, -0.2) is 0 Å². The van der Waals surface area contributed by atoms with Gasteiger partial charge in [0.15, 0.2) is 0 Å². The van der Waals surface area contributed by atoms with Crippen LogP contribution in [0.3, 0.4) is 0 Å². The first kappa shape index (κ1) is 12.3. The molecule has 1 aromatic heterocycles. The lowest BCUT2D eigenvalue weighted by Crippen LogP contribution is -2.18. The SMILES string of the molecule is CC(CC(Br)c1cccs1)C(C)(C)C. The molecule has 2 atom stereocenters. The lowest BCUT2D eigenvalue weighted by molar-refractivity contribution is 0.247. The van der Waals surface area contributed by atoms with E-state index in [4.69, 9.17) is 0 Å². The van der Waals surface area contributed by atoms with Gasteiger partial charge < -0.3 is 0 Å². The third-order valence-electron chi connectivity index (χ3n) is 2.89. The number of hydrogen-bond donors (Lipinski definition) is 0. The van der Waals surface area contributed by atoms with Gasteiger partial charge in [-0.05, 0) is 29.2 Å². The molecule has 0 aromatic carbocycles. The van der Waals surface area contributed by atoms with E-state index in [1.165, 1.54) is 11.3 Å². The molecule has 0 N–H and O–H groups in total. The van der Waals surface area contributed by atoms with Crippen LogP contribution < -0.4 is 0 Å². The first-order chi connectivity index (χ1) is 6.41. The maximum absolute atomic E-state index is 3.77. The van der Waals surface area contributed by atoms with Gasteiger partial charge in [0.05, 0.1) is 0 Å². The van der Waals surface area contributed by atoms with Gasteiger partial charge in [-0.1, -0.05) is 49.7 Å². The molecule has 1 rings (SSSR count). The van der Waals surface area contributed by atoms with Crippen molar-refractivity contribution in [1.29, 1.82) is 0 Å². The Morgan fingerprint density at radius 3 is 2.50 bits per heavy atom. The molecule has 80 valence electrons. The van der Waals surface area contributed by atoms with Crippen LogP contribution in [0.2, 0.25) is 0 Å². The Balaban J connectivity index is 2.53. The number of hydrogen-bond acceptors (Lipinski definition) is 1. The van der Waals surface area contributed by atoms with Crippen LogP contribution >= 0.6 is 27.3 Å². The quantitative estimate of drug-likeness (QED) is 0.660. The Hall–Kier alpha value is 0.180. The fourth-order valence-corrected chi connectivity index (χ4v) is 3.00. The second kappa shape index (κ2) is 4.80. The van der Waals surface area contributed by atoms with Gasteiger partial charge in [-0.3, -0.25) is 0 Å². The molecule has 0 spiro atoms. The predicted molar refractivity (Wildman–Crippen MR) is 69.2 cm³/mol. The van der Waals surface area contributed by atoms with Gasteiger partial charge >= 0.3 is 0 Å². The summed E-state index contributed by atoms with van der Waals surface area (Å²) in [5, 5.41) is 2.14. The summed E-state index contributed by atoms with van der Waals surface area (Å²) in [6.45, 7) is 9.27. The molecule has 0 bridgehead atoms. The highest BCUT2D eigenvalue weighted by atomic mass is 79.9. The van der Waals surface area contributed by atoms with Crippen molar-refractivity contribution in [2.24, 2.45) is 11.3 Å². The normalized spacial score (nSPS) is 16.6. The van der Waals surface area contributed by atoms with E-state index < -0.39 is 0 Å². The van der Waals surface area contributed by atoms with Crippen LogP contribution in [0.5, 0.6) is 0 Å². The largest absolute Gasteiger partial charge is 0.148 e. The molecule has 1 heterocycles. The Kier molecular flexibility index (Phi) is 4.20. The van der Waals surface area contributed by atoms with E-state index in [0.717, 1.165) is 5.92 Å². The van der Waals surface area contributed by atoms with Gasteiger partial charge in [-0.25, -0.2) is 0 Å². The minimum absolute atomic E-state index is 0.406. The first-order valence-electron chi connectivity index (χ1n) is 5.08. The summed E-state index contributed by atoms with van der Waals surface area (Å²) >= 11 is 5.61. The molecule has 0 nitrogen and oxygen atoms in total. The minimum Gasteiger partial charge on any atom is -0.148 e. The van der Waals surface area contributed by atoms with E-state index in [-0.39, 0.29) is 0 Å². The zero-order valence-corrected chi connectivity index (χ0v) is 11.8. The van der Waals surface area contributed by atoms with E-state index in [1.54, 1.807) is 0 Å². The Bertz CT molecular complexity index is 258. The summed E-state index contributed by atoms with van der Waals surface area (Å²) in [5.74, 6) is 0.731. The zero-order chi connectivity index (χ0) is 10.8.